The van der Waals surface area contributed by atoms with Gasteiger partial charge in [-0.3, -0.25) is 14.4 Å². The summed E-state index contributed by atoms with van der Waals surface area (Å²) in [5.41, 5.74) is 0. The summed E-state index contributed by atoms with van der Waals surface area (Å²) in [6, 6.07) is 0. The van der Waals surface area contributed by atoms with Crippen molar-refractivity contribution in [3.63, 3.8) is 0 Å². The van der Waals surface area contributed by atoms with Crippen molar-refractivity contribution in [3.8, 4) is 0 Å². The van der Waals surface area contributed by atoms with Crippen LogP contribution in [-0.2, 0) is 28.6 Å². The molecule has 1 atom stereocenters. The predicted molar refractivity (Wildman–Crippen MR) is 297 cm³/mol. The van der Waals surface area contributed by atoms with E-state index in [1.54, 1.807) is 0 Å². The minimum Gasteiger partial charge on any atom is -0.462 e. The largest absolute Gasteiger partial charge is 0.462 e. The zero-order chi connectivity index (χ0) is 50.0. The first-order valence-electron chi connectivity index (χ1n) is 28.4. The summed E-state index contributed by atoms with van der Waals surface area (Å²) in [5, 5.41) is 0. The molecule has 0 fully saturated rings. The molecule has 69 heavy (non-hydrogen) atoms. The Morgan fingerprint density at radius 3 is 0.913 bits per heavy atom. The summed E-state index contributed by atoms with van der Waals surface area (Å²) in [7, 11) is 0. The van der Waals surface area contributed by atoms with Crippen LogP contribution in [0.1, 0.15) is 252 Å². The van der Waals surface area contributed by atoms with Gasteiger partial charge in [0, 0.05) is 19.3 Å². The number of unbranched alkanes of at least 4 members (excludes halogenated alkanes) is 21. The van der Waals surface area contributed by atoms with E-state index in [0.717, 1.165) is 135 Å². The van der Waals surface area contributed by atoms with Crippen molar-refractivity contribution in [1.82, 2.24) is 0 Å². The predicted octanol–water partition coefficient (Wildman–Crippen LogP) is 19.1. The minimum atomic E-state index is -0.796. The van der Waals surface area contributed by atoms with Crippen molar-refractivity contribution < 1.29 is 28.6 Å². The zero-order valence-electron chi connectivity index (χ0n) is 44.8. The van der Waals surface area contributed by atoms with E-state index in [9.17, 15) is 14.4 Å². The number of esters is 3. The monoisotopic (exact) mass is 957 g/mol. The summed E-state index contributed by atoms with van der Waals surface area (Å²) in [6.07, 6.45) is 76.5. The van der Waals surface area contributed by atoms with Crippen LogP contribution in [0, 0.1) is 0 Å². The van der Waals surface area contributed by atoms with Gasteiger partial charge in [0.15, 0.2) is 6.10 Å². The molecule has 0 amide bonds. The smallest absolute Gasteiger partial charge is 0.306 e. The molecule has 392 valence electrons. The Morgan fingerprint density at radius 2 is 0.565 bits per heavy atom. The van der Waals surface area contributed by atoms with E-state index in [4.69, 9.17) is 14.2 Å². The van der Waals surface area contributed by atoms with Gasteiger partial charge in [0.05, 0.1) is 0 Å². The van der Waals surface area contributed by atoms with Gasteiger partial charge in [-0.1, -0.05) is 233 Å². The summed E-state index contributed by atoms with van der Waals surface area (Å²) >= 11 is 0. The lowest BCUT2D eigenvalue weighted by atomic mass is 10.1. The highest BCUT2D eigenvalue weighted by atomic mass is 16.6. The molecule has 0 aromatic rings. The number of rotatable bonds is 50. The first-order valence-corrected chi connectivity index (χ1v) is 28.4. The highest BCUT2D eigenvalue weighted by Crippen LogP contribution is 2.14. The Labute approximate surface area is 425 Å². The lowest BCUT2D eigenvalue weighted by Gasteiger charge is -2.18. The van der Waals surface area contributed by atoms with Gasteiger partial charge in [0.25, 0.3) is 0 Å². The maximum Gasteiger partial charge on any atom is 0.306 e. The SMILES string of the molecule is CC/C=C\C/C=C\C/C=C\C/C=C\C/C=C\C/C=C\CCCCCCC(=O)OCC(COC(=O)CCCCCCCCCCC)OC(=O)CCCCCCCC/C=C\C/C=C\C/C=C\CCCCC. The maximum atomic E-state index is 12.8. The Bertz CT molecular complexity index is 1420. The molecular weight excluding hydrogens is 853 g/mol. The number of carbonyl (C=O) groups excluding carboxylic acids is 3. The number of ether oxygens (including phenoxy) is 3. The van der Waals surface area contributed by atoms with E-state index in [-0.39, 0.29) is 31.1 Å². The van der Waals surface area contributed by atoms with Gasteiger partial charge in [0.2, 0.25) is 0 Å². The van der Waals surface area contributed by atoms with Gasteiger partial charge in [-0.25, -0.2) is 0 Å². The molecule has 0 aromatic heterocycles. The van der Waals surface area contributed by atoms with Crippen LogP contribution in [0.3, 0.4) is 0 Å². The van der Waals surface area contributed by atoms with E-state index < -0.39 is 6.10 Å². The second kappa shape index (κ2) is 56.7. The highest BCUT2D eigenvalue weighted by molar-refractivity contribution is 5.71. The van der Waals surface area contributed by atoms with Crippen molar-refractivity contribution in [2.75, 3.05) is 13.2 Å². The number of allylic oxidation sites excluding steroid dienone is 18. The summed E-state index contributed by atoms with van der Waals surface area (Å²) in [4.78, 5) is 38.0. The molecule has 0 spiro atoms. The Hall–Kier alpha value is -3.93. The third kappa shape index (κ3) is 54.9. The first kappa shape index (κ1) is 65.1. The van der Waals surface area contributed by atoms with Gasteiger partial charge < -0.3 is 14.2 Å². The summed E-state index contributed by atoms with van der Waals surface area (Å²) < 4.78 is 16.8. The molecule has 0 rings (SSSR count). The average Bonchev–Trinajstić information content (AvgIpc) is 3.35. The molecule has 0 aromatic carbocycles. The average molecular weight is 958 g/mol. The van der Waals surface area contributed by atoms with Crippen LogP contribution >= 0.6 is 0 Å². The topological polar surface area (TPSA) is 78.9 Å². The van der Waals surface area contributed by atoms with Crippen LogP contribution in [0.25, 0.3) is 0 Å². The maximum absolute atomic E-state index is 12.8. The van der Waals surface area contributed by atoms with Crippen molar-refractivity contribution in [2.24, 2.45) is 0 Å². The fourth-order valence-electron chi connectivity index (χ4n) is 7.51. The van der Waals surface area contributed by atoms with Crippen LogP contribution in [0.5, 0.6) is 0 Å². The fraction of sp³-hybridized carbons (Fsp3) is 0.667. The lowest BCUT2D eigenvalue weighted by molar-refractivity contribution is -0.167. The quantitative estimate of drug-likeness (QED) is 0.0262. The van der Waals surface area contributed by atoms with Gasteiger partial charge in [-0.15, -0.1) is 0 Å². The van der Waals surface area contributed by atoms with Crippen LogP contribution in [0.2, 0.25) is 0 Å². The van der Waals surface area contributed by atoms with E-state index in [0.29, 0.717) is 19.3 Å². The summed E-state index contributed by atoms with van der Waals surface area (Å²) in [6.45, 7) is 6.44. The van der Waals surface area contributed by atoms with E-state index in [1.807, 2.05) is 0 Å². The van der Waals surface area contributed by atoms with Crippen molar-refractivity contribution in [2.45, 2.75) is 258 Å². The molecule has 0 bridgehead atoms. The first-order chi connectivity index (χ1) is 34.0. The van der Waals surface area contributed by atoms with Gasteiger partial charge in [-0.05, 0) is 109 Å². The zero-order valence-corrected chi connectivity index (χ0v) is 44.8. The van der Waals surface area contributed by atoms with Crippen molar-refractivity contribution in [1.29, 1.82) is 0 Å². The molecule has 0 aliphatic rings. The molecule has 6 nitrogen and oxygen atoms in total. The fourth-order valence-corrected chi connectivity index (χ4v) is 7.51. The van der Waals surface area contributed by atoms with Gasteiger partial charge in [-0.2, -0.15) is 0 Å². The molecule has 0 aliphatic heterocycles. The Kier molecular flexibility index (Phi) is 53.4. The third-order valence-corrected chi connectivity index (χ3v) is 11.8. The molecule has 0 N–H and O–H groups in total. The summed E-state index contributed by atoms with van der Waals surface area (Å²) in [5.74, 6) is -0.934. The molecule has 0 saturated carbocycles. The minimum absolute atomic E-state index is 0.0921. The molecule has 0 aliphatic carbocycles. The molecule has 0 heterocycles. The number of hydrogen-bond donors (Lipinski definition) is 0. The molecule has 0 radical (unpaired) electrons. The second-order valence-corrected chi connectivity index (χ2v) is 18.5. The van der Waals surface area contributed by atoms with Crippen molar-refractivity contribution >= 4 is 17.9 Å². The Balaban J connectivity index is 4.38. The van der Waals surface area contributed by atoms with Crippen LogP contribution in [0.15, 0.2) is 109 Å². The molecule has 1 unspecified atom stereocenters. The number of carbonyl (C=O) groups is 3. The van der Waals surface area contributed by atoms with Crippen molar-refractivity contribution in [3.05, 3.63) is 109 Å². The van der Waals surface area contributed by atoms with Crippen LogP contribution < -0.4 is 0 Å². The molecule has 0 saturated heterocycles. The van der Waals surface area contributed by atoms with Crippen LogP contribution in [0.4, 0.5) is 0 Å². The van der Waals surface area contributed by atoms with E-state index >= 15 is 0 Å². The normalized spacial score (nSPS) is 12.9. The molecule has 6 heteroatoms. The highest BCUT2D eigenvalue weighted by Gasteiger charge is 2.19. The molecular formula is C63H104O6. The Morgan fingerprint density at radius 1 is 0.304 bits per heavy atom. The van der Waals surface area contributed by atoms with Crippen LogP contribution in [-0.4, -0.2) is 37.2 Å². The van der Waals surface area contributed by atoms with E-state index in [2.05, 4.69) is 130 Å². The van der Waals surface area contributed by atoms with E-state index in [1.165, 1.54) is 77.0 Å². The lowest BCUT2D eigenvalue weighted by Crippen LogP contribution is -2.30. The standard InChI is InChI=1S/C63H104O6/c1-4-7-10-13-16-19-21-23-25-27-29-30-31-32-34-35-37-39-41-44-47-50-53-56-62(65)68-59-60(58-67-61(64)55-52-49-46-43-18-15-12-9-6-3)69-63(66)57-54-51-48-45-42-40-38-36-33-28-26-24-22-20-17-14-11-8-5-2/h7,10,16-17,19-20,23-26,29-30,32-34,36-37,39,60H,4-6,8-9,11-15,18,21-22,27-28,31,35,38,40-59H2,1-3H3/b10-7-,19-16-,20-17-,25-23-,26-24-,30-29-,34-32-,36-33-,39-37-. The second-order valence-electron chi connectivity index (χ2n) is 18.5. The third-order valence-electron chi connectivity index (χ3n) is 11.8. The number of hydrogen-bond acceptors (Lipinski definition) is 6. The van der Waals surface area contributed by atoms with Gasteiger partial charge in [0.1, 0.15) is 13.2 Å². The van der Waals surface area contributed by atoms with Gasteiger partial charge >= 0.3 is 17.9 Å².